The summed E-state index contributed by atoms with van der Waals surface area (Å²) in [6.07, 6.45) is -0.662. The SMILES string of the molecule is C[C@H](O)CNC(=O)c1cc(O)[nH]c(=O)c1. The number of pyridine rings is 1. The first-order valence-electron chi connectivity index (χ1n) is 4.38. The molecular weight excluding hydrogens is 200 g/mol. The minimum atomic E-state index is -0.662. The van der Waals surface area contributed by atoms with Crippen molar-refractivity contribution in [1.82, 2.24) is 10.3 Å². The number of aromatic nitrogens is 1. The maximum atomic E-state index is 11.4. The summed E-state index contributed by atoms with van der Waals surface area (Å²) in [6, 6.07) is 2.20. The third-order valence-electron chi connectivity index (χ3n) is 1.65. The number of hydrogen-bond donors (Lipinski definition) is 4. The van der Waals surface area contributed by atoms with E-state index in [4.69, 9.17) is 10.2 Å². The van der Waals surface area contributed by atoms with Crippen molar-refractivity contribution in [3.8, 4) is 5.88 Å². The molecule has 1 heterocycles. The predicted octanol–water partition coefficient (Wildman–Crippen LogP) is -0.809. The molecule has 15 heavy (non-hydrogen) atoms. The zero-order valence-corrected chi connectivity index (χ0v) is 8.15. The fourth-order valence-corrected chi connectivity index (χ4v) is 1.00. The molecule has 6 heteroatoms. The van der Waals surface area contributed by atoms with E-state index in [0.717, 1.165) is 12.1 Å². The molecule has 4 N–H and O–H groups in total. The lowest BCUT2D eigenvalue weighted by Gasteiger charge is -2.06. The number of aliphatic hydroxyl groups is 1. The zero-order chi connectivity index (χ0) is 11.4. The van der Waals surface area contributed by atoms with Crippen molar-refractivity contribution in [2.45, 2.75) is 13.0 Å². The molecule has 0 aliphatic carbocycles. The number of rotatable bonds is 3. The van der Waals surface area contributed by atoms with Gasteiger partial charge in [-0.1, -0.05) is 0 Å². The van der Waals surface area contributed by atoms with E-state index in [0.29, 0.717) is 0 Å². The molecule has 1 aromatic rings. The van der Waals surface area contributed by atoms with Gasteiger partial charge in [0.15, 0.2) is 5.88 Å². The van der Waals surface area contributed by atoms with Crippen LogP contribution in [0, 0.1) is 0 Å². The molecule has 0 saturated heterocycles. The molecule has 0 radical (unpaired) electrons. The first-order chi connectivity index (χ1) is 6.99. The zero-order valence-electron chi connectivity index (χ0n) is 8.15. The lowest BCUT2D eigenvalue weighted by atomic mass is 10.2. The first kappa shape index (κ1) is 11.3. The van der Waals surface area contributed by atoms with Gasteiger partial charge in [-0.15, -0.1) is 0 Å². The molecule has 0 aliphatic heterocycles. The van der Waals surface area contributed by atoms with Crippen LogP contribution >= 0.6 is 0 Å². The number of amides is 1. The standard InChI is InChI=1S/C9H12N2O4/c1-5(12)4-10-9(15)6-2-7(13)11-8(14)3-6/h2-3,5,12H,4H2,1H3,(H,10,15)(H2,11,13,14)/t5-/m0/s1. The van der Waals surface area contributed by atoms with Gasteiger partial charge < -0.3 is 15.5 Å². The van der Waals surface area contributed by atoms with E-state index in [9.17, 15) is 9.59 Å². The summed E-state index contributed by atoms with van der Waals surface area (Å²) in [7, 11) is 0. The second-order valence-corrected chi connectivity index (χ2v) is 3.18. The van der Waals surface area contributed by atoms with Crippen LogP contribution < -0.4 is 10.9 Å². The number of H-pyrrole nitrogens is 1. The summed E-state index contributed by atoms with van der Waals surface area (Å²) in [4.78, 5) is 24.4. The predicted molar refractivity (Wildman–Crippen MR) is 52.7 cm³/mol. The molecule has 0 saturated carbocycles. The van der Waals surface area contributed by atoms with Gasteiger partial charge in [-0.3, -0.25) is 14.6 Å². The van der Waals surface area contributed by atoms with E-state index >= 15 is 0 Å². The quantitative estimate of drug-likeness (QED) is 0.526. The highest BCUT2D eigenvalue weighted by atomic mass is 16.3. The van der Waals surface area contributed by atoms with Gasteiger partial charge in [0.05, 0.1) is 11.7 Å². The summed E-state index contributed by atoms with van der Waals surface area (Å²) in [5.41, 5.74) is -0.505. The van der Waals surface area contributed by atoms with E-state index in [1.54, 1.807) is 0 Å². The minimum absolute atomic E-state index is 0.0527. The number of carbonyl (C=O) groups excluding carboxylic acids is 1. The van der Waals surface area contributed by atoms with E-state index < -0.39 is 17.6 Å². The summed E-state index contributed by atoms with van der Waals surface area (Å²) in [6.45, 7) is 1.61. The lowest BCUT2D eigenvalue weighted by molar-refractivity contribution is 0.0923. The molecule has 0 fully saturated rings. The number of nitrogens with one attached hydrogen (secondary N) is 2. The van der Waals surface area contributed by atoms with Crippen LogP contribution in [0.4, 0.5) is 0 Å². The topological polar surface area (TPSA) is 102 Å². The highest BCUT2D eigenvalue weighted by Crippen LogP contribution is 2.03. The third kappa shape index (κ3) is 3.43. The smallest absolute Gasteiger partial charge is 0.251 e. The van der Waals surface area contributed by atoms with Crippen molar-refractivity contribution in [3.05, 3.63) is 28.0 Å². The Hall–Kier alpha value is -1.82. The average molecular weight is 212 g/mol. The van der Waals surface area contributed by atoms with Crippen LogP contribution in [-0.2, 0) is 0 Å². The Morgan fingerprint density at radius 1 is 1.60 bits per heavy atom. The Labute approximate surface area is 85.6 Å². The number of hydrogen-bond acceptors (Lipinski definition) is 4. The van der Waals surface area contributed by atoms with Gasteiger partial charge in [0.25, 0.3) is 11.5 Å². The highest BCUT2D eigenvalue weighted by molar-refractivity contribution is 5.94. The van der Waals surface area contributed by atoms with Crippen molar-refractivity contribution >= 4 is 5.91 Å². The molecule has 1 aromatic heterocycles. The van der Waals surface area contributed by atoms with Crippen molar-refractivity contribution in [3.63, 3.8) is 0 Å². The van der Waals surface area contributed by atoms with Crippen LogP contribution in [0.5, 0.6) is 5.88 Å². The summed E-state index contributed by atoms with van der Waals surface area (Å²) < 4.78 is 0. The van der Waals surface area contributed by atoms with Crippen molar-refractivity contribution in [2.24, 2.45) is 0 Å². The number of aromatic amines is 1. The fraction of sp³-hybridized carbons (Fsp3) is 0.333. The van der Waals surface area contributed by atoms with Crippen molar-refractivity contribution < 1.29 is 15.0 Å². The minimum Gasteiger partial charge on any atom is -0.494 e. The maximum Gasteiger partial charge on any atom is 0.251 e. The Morgan fingerprint density at radius 2 is 2.27 bits per heavy atom. The van der Waals surface area contributed by atoms with Gasteiger partial charge in [-0.25, -0.2) is 0 Å². The van der Waals surface area contributed by atoms with E-state index in [1.807, 2.05) is 0 Å². The average Bonchev–Trinajstić information content (AvgIpc) is 2.12. The van der Waals surface area contributed by atoms with E-state index in [2.05, 4.69) is 10.3 Å². The van der Waals surface area contributed by atoms with Gasteiger partial charge in [0, 0.05) is 18.7 Å². The first-order valence-corrected chi connectivity index (χ1v) is 4.38. The van der Waals surface area contributed by atoms with E-state index in [1.165, 1.54) is 6.92 Å². The molecule has 1 amide bonds. The van der Waals surface area contributed by atoms with Crippen LogP contribution in [0.15, 0.2) is 16.9 Å². The van der Waals surface area contributed by atoms with E-state index in [-0.39, 0.29) is 18.0 Å². The molecular formula is C9H12N2O4. The summed E-state index contributed by atoms with van der Waals surface area (Å²) in [5, 5.41) is 20.4. The molecule has 6 nitrogen and oxygen atoms in total. The number of carbonyl (C=O) groups is 1. The number of aromatic hydroxyl groups is 1. The Kier molecular flexibility index (Phi) is 3.46. The summed E-state index contributed by atoms with van der Waals surface area (Å²) >= 11 is 0. The fourth-order valence-electron chi connectivity index (χ4n) is 1.00. The second kappa shape index (κ2) is 4.61. The Balaban J connectivity index is 2.78. The van der Waals surface area contributed by atoms with Crippen molar-refractivity contribution in [1.29, 1.82) is 0 Å². The third-order valence-corrected chi connectivity index (χ3v) is 1.65. The largest absolute Gasteiger partial charge is 0.494 e. The van der Waals surface area contributed by atoms with Gasteiger partial charge in [-0.2, -0.15) is 0 Å². The van der Waals surface area contributed by atoms with Crippen LogP contribution in [0.3, 0.4) is 0 Å². The van der Waals surface area contributed by atoms with Gasteiger partial charge in [0.2, 0.25) is 0 Å². The normalized spacial score (nSPS) is 12.1. The van der Waals surface area contributed by atoms with Gasteiger partial charge >= 0.3 is 0 Å². The van der Waals surface area contributed by atoms with Crippen LogP contribution in [0.2, 0.25) is 0 Å². The molecule has 1 atom stereocenters. The lowest BCUT2D eigenvalue weighted by Crippen LogP contribution is -2.31. The molecule has 1 rings (SSSR count). The Bertz CT molecular complexity index is 411. The van der Waals surface area contributed by atoms with Gasteiger partial charge in [0.1, 0.15) is 0 Å². The van der Waals surface area contributed by atoms with Crippen molar-refractivity contribution in [2.75, 3.05) is 6.54 Å². The molecule has 0 spiro atoms. The summed E-state index contributed by atoms with van der Waals surface area (Å²) in [5.74, 6) is -0.887. The van der Waals surface area contributed by atoms with Crippen LogP contribution in [0.1, 0.15) is 17.3 Å². The van der Waals surface area contributed by atoms with Crippen LogP contribution in [0.25, 0.3) is 0 Å². The molecule has 82 valence electrons. The molecule has 0 bridgehead atoms. The Morgan fingerprint density at radius 3 is 2.80 bits per heavy atom. The molecule has 0 aliphatic rings. The highest BCUT2D eigenvalue weighted by Gasteiger charge is 2.08. The number of aliphatic hydroxyl groups excluding tert-OH is 1. The van der Waals surface area contributed by atoms with Gasteiger partial charge in [-0.05, 0) is 6.92 Å². The van der Waals surface area contributed by atoms with Crippen LogP contribution in [-0.4, -0.2) is 33.8 Å². The maximum absolute atomic E-state index is 11.4. The molecule has 0 unspecified atom stereocenters. The molecule has 0 aromatic carbocycles. The second-order valence-electron chi connectivity index (χ2n) is 3.18. The monoisotopic (exact) mass is 212 g/mol.